The molecule has 2 heterocycles. The lowest BCUT2D eigenvalue weighted by molar-refractivity contribution is -0.119. The zero-order valence-electron chi connectivity index (χ0n) is 10.5. The molecule has 6 heteroatoms. The molecule has 0 saturated carbocycles. The van der Waals surface area contributed by atoms with Crippen molar-refractivity contribution in [3.8, 4) is 6.07 Å². The van der Waals surface area contributed by atoms with Gasteiger partial charge in [0.1, 0.15) is 11.7 Å². The number of nitriles is 1. The number of rotatable bonds is 3. The summed E-state index contributed by atoms with van der Waals surface area (Å²) in [7, 11) is 0. The first-order valence-electron chi connectivity index (χ1n) is 6.19. The van der Waals surface area contributed by atoms with Gasteiger partial charge in [0, 0.05) is 25.3 Å². The minimum absolute atomic E-state index is 0.00594. The smallest absolute Gasteiger partial charge is 0.235 e. The topological polar surface area (TPSA) is 69.0 Å². The predicted molar refractivity (Wildman–Crippen MR) is 73.0 cm³/mol. The van der Waals surface area contributed by atoms with Gasteiger partial charge in [-0.2, -0.15) is 5.26 Å². The van der Waals surface area contributed by atoms with Crippen LogP contribution in [0.1, 0.15) is 18.4 Å². The zero-order valence-corrected chi connectivity index (χ0v) is 11.2. The van der Waals surface area contributed by atoms with Gasteiger partial charge < -0.3 is 10.2 Å². The highest BCUT2D eigenvalue weighted by Crippen LogP contribution is 2.18. The molecular formula is C13H15ClN4O. The van der Waals surface area contributed by atoms with E-state index in [-0.39, 0.29) is 17.8 Å². The summed E-state index contributed by atoms with van der Waals surface area (Å²) >= 11 is 5.47. The number of nitrogens with one attached hydrogen (secondary N) is 1. The Morgan fingerprint density at radius 3 is 2.95 bits per heavy atom. The van der Waals surface area contributed by atoms with Crippen LogP contribution in [0.2, 0.25) is 0 Å². The number of hydrogen-bond acceptors (Lipinski definition) is 4. The quantitative estimate of drug-likeness (QED) is 0.846. The Kier molecular flexibility index (Phi) is 4.58. The minimum atomic E-state index is -0.121. The molecule has 0 aromatic carbocycles. The summed E-state index contributed by atoms with van der Waals surface area (Å²) in [5, 5.41) is 11.8. The second-order valence-corrected chi connectivity index (χ2v) is 4.74. The number of carbonyl (C=O) groups excluding carboxylic acids is 1. The van der Waals surface area contributed by atoms with Crippen molar-refractivity contribution < 1.29 is 4.79 Å². The summed E-state index contributed by atoms with van der Waals surface area (Å²) in [6.45, 7) is 1.63. The zero-order chi connectivity index (χ0) is 13.7. The monoisotopic (exact) mass is 278 g/mol. The maximum absolute atomic E-state index is 11.2. The van der Waals surface area contributed by atoms with Crippen LogP contribution < -0.4 is 10.2 Å². The van der Waals surface area contributed by atoms with Crippen LogP contribution in [0.4, 0.5) is 5.82 Å². The van der Waals surface area contributed by atoms with Gasteiger partial charge in [-0.15, -0.1) is 11.6 Å². The highest BCUT2D eigenvalue weighted by Gasteiger charge is 2.21. The Labute approximate surface area is 117 Å². The van der Waals surface area contributed by atoms with Gasteiger partial charge in [0.05, 0.1) is 11.6 Å². The third kappa shape index (κ3) is 3.58. The van der Waals surface area contributed by atoms with E-state index in [0.717, 1.165) is 31.7 Å². The fourth-order valence-corrected chi connectivity index (χ4v) is 2.26. The summed E-state index contributed by atoms with van der Waals surface area (Å²) in [6.07, 6.45) is 3.37. The molecule has 19 heavy (non-hydrogen) atoms. The molecule has 1 aromatic rings. The lowest BCUT2D eigenvalue weighted by Crippen LogP contribution is -2.45. The van der Waals surface area contributed by atoms with E-state index in [1.807, 2.05) is 0 Å². The van der Waals surface area contributed by atoms with Crippen molar-refractivity contribution in [2.24, 2.45) is 0 Å². The molecule has 100 valence electrons. The van der Waals surface area contributed by atoms with Gasteiger partial charge in [0.2, 0.25) is 5.91 Å². The number of halogens is 1. The van der Waals surface area contributed by atoms with Crippen LogP contribution in [0.15, 0.2) is 18.3 Å². The molecular weight excluding hydrogens is 264 g/mol. The molecule has 1 aliphatic heterocycles. The number of alkyl halides is 1. The third-order valence-corrected chi connectivity index (χ3v) is 3.42. The van der Waals surface area contributed by atoms with E-state index in [1.165, 1.54) is 0 Å². The first-order valence-corrected chi connectivity index (χ1v) is 6.73. The van der Waals surface area contributed by atoms with Crippen LogP contribution in [0.25, 0.3) is 0 Å². The van der Waals surface area contributed by atoms with Crippen molar-refractivity contribution in [2.45, 2.75) is 18.9 Å². The second-order valence-electron chi connectivity index (χ2n) is 4.48. The summed E-state index contributed by atoms with van der Waals surface area (Å²) in [4.78, 5) is 17.6. The lowest BCUT2D eigenvalue weighted by atomic mass is 10.0. The van der Waals surface area contributed by atoms with E-state index in [0.29, 0.717) is 5.56 Å². The maximum atomic E-state index is 11.2. The average molecular weight is 279 g/mol. The molecule has 0 spiro atoms. The molecule has 0 atom stereocenters. The van der Waals surface area contributed by atoms with E-state index in [2.05, 4.69) is 21.3 Å². The third-order valence-electron chi connectivity index (χ3n) is 3.18. The van der Waals surface area contributed by atoms with Crippen LogP contribution >= 0.6 is 11.6 Å². The van der Waals surface area contributed by atoms with Crippen molar-refractivity contribution >= 4 is 23.3 Å². The first kappa shape index (κ1) is 13.6. The van der Waals surface area contributed by atoms with E-state index in [4.69, 9.17) is 16.9 Å². The van der Waals surface area contributed by atoms with Crippen LogP contribution in [0.5, 0.6) is 0 Å². The minimum Gasteiger partial charge on any atom is -0.356 e. The Hall–Kier alpha value is -1.80. The number of carbonyl (C=O) groups is 1. The summed E-state index contributed by atoms with van der Waals surface area (Å²) in [6, 6.07) is 5.77. The molecule has 1 amide bonds. The van der Waals surface area contributed by atoms with Gasteiger partial charge >= 0.3 is 0 Å². The largest absolute Gasteiger partial charge is 0.356 e. The molecule has 1 fully saturated rings. The Morgan fingerprint density at radius 1 is 1.58 bits per heavy atom. The fraction of sp³-hybridized carbons (Fsp3) is 0.462. The predicted octanol–water partition coefficient (Wildman–Crippen LogP) is 1.28. The second kappa shape index (κ2) is 6.39. The normalized spacial score (nSPS) is 15.9. The summed E-state index contributed by atoms with van der Waals surface area (Å²) < 4.78 is 0. The number of nitrogens with zero attached hydrogens (tertiary/aromatic N) is 3. The van der Waals surface area contributed by atoms with Crippen LogP contribution in [-0.4, -0.2) is 35.9 Å². The van der Waals surface area contributed by atoms with Crippen LogP contribution in [0.3, 0.4) is 0 Å². The van der Waals surface area contributed by atoms with Crippen LogP contribution in [0, 0.1) is 11.3 Å². The summed E-state index contributed by atoms with van der Waals surface area (Å²) in [5.41, 5.74) is 0.613. The van der Waals surface area contributed by atoms with Gasteiger partial charge in [-0.05, 0) is 25.0 Å². The van der Waals surface area contributed by atoms with Crippen molar-refractivity contribution in [1.82, 2.24) is 10.3 Å². The molecule has 1 N–H and O–H groups in total. The molecule has 1 aliphatic rings. The van der Waals surface area contributed by atoms with Crippen molar-refractivity contribution in [3.63, 3.8) is 0 Å². The molecule has 2 rings (SSSR count). The first-order chi connectivity index (χ1) is 9.22. The maximum Gasteiger partial charge on any atom is 0.235 e. The van der Waals surface area contributed by atoms with E-state index in [1.54, 1.807) is 18.3 Å². The number of anilines is 1. The summed E-state index contributed by atoms with van der Waals surface area (Å²) in [5.74, 6) is 0.706. The highest BCUT2D eigenvalue weighted by molar-refractivity contribution is 6.27. The fourth-order valence-electron chi connectivity index (χ4n) is 2.18. The Morgan fingerprint density at radius 2 is 2.32 bits per heavy atom. The van der Waals surface area contributed by atoms with Gasteiger partial charge in [0.25, 0.3) is 0 Å². The van der Waals surface area contributed by atoms with Gasteiger partial charge in [-0.25, -0.2) is 4.98 Å². The Balaban J connectivity index is 1.92. The van der Waals surface area contributed by atoms with E-state index >= 15 is 0 Å². The van der Waals surface area contributed by atoms with Gasteiger partial charge in [-0.1, -0.05) is 0 Å². The number of pyridine rings is 1. The molecule has 5 nitrogen and oxygen atoms in total. The average Bonchev–Trinajstić information content (AvgIpc) is 2.48. The van der Waals surface area contributed by atoms with Gasteiger partial charge in [0.15, 0.2) is 0 Å². The molecule has 0 unspecified atom stereocenters. The van der Waals surface area contributed by atoms with Crippen molar-refractivity contribution in [3.05, 3.63) is 23.9 Å². The molecule has 1 saturated heterocycles. The van der Waals surface area contributed by atoms with Crippen molar-refractivity contribution in [1.29, 1.82) is 5.26 Å². The Bertz CT molecular complexity index is 492. The highest BCUT2D eigenvalue weighted by atomic mass is 35.5. The number of hydrogen-bond donors (Lipinski definition) is 1. The van der Waals surface area contributed by atoms with Gasteiger partial charge in [-0.3, -0.25) is 4.79 Å². The molecule has 0 radical (unpaired) electrons. The number of aromatic nitrogens is 1. The van der Waals surface area contributed by atoms with Crippen molar-refractivity contribution in [2.75, 3.05) is 23.9 Å². The molecule has 0 aliphatic carbocycles. The SMILES string of the molecule is N#Cc1ccnc(N2CCC(NC(=O)CCl)CC2)c1. The standard InChI is InChI=1S/C13H15ClN4O/c14-8-13(19)17-11-2-5-18(6-3-11)12-7-10(9-15)1-4-16-12/h1,4,7,11H,2-3,5-6,8H2,(H,17,19). The lowest BCUT2D eigenvalue weighted by Gasteiger charge is -2.33. The van der Waals surface area contributed by atoms with E-state index < -0.39 is 0 Å². The molecule has 0 bridgehead atoms. The van der Waals surface area contributed by atoms with E-state index in [9.17, 15) is 4.79 Å². The molecule has 1 aromatic heterocycles. The van der Waals surface area contributed by atoms with Crippen LogP contribution in [-0.2, 0) is 4.79 Å². The number of piperidine rings is 1. The number of amides is 1.